The molecule has 0 atom stereocenters. The lowest BCUT2D eigenvalue weighted by Crippen LogP contribution is -2.23. The number of nitrogens with zero attached hydrogens (tertiary/aromatic N) is 1. The molecule has 7 heteroatoms. The number of carbonyl (C=O) groups is 2. The van der Waals surface area contributed by atoms with Crippen LogP contribution in [0.5, 0.6) is 0 Å². The van der Waals surface area contributed by atoms with E-state index in [1.54, 1.807) is 13.0 Å². The standard InChI is InChI=1S/C12H12N2O5/c1-2-19-9(15)6-14-10-7(11(16)17)4-3-5-8(10)13-12(14)18/h3-5H,2,6H2,1H3,(H,13,18)(H,16,17). The number of aromatic nitrogens is 2. The van der Waals surface area contributed by atoms with Crippen molar-refractivity contribution >= 4 is 23.0 Å². The fourth-order valence-electron chi connectivity index (χ4n) is 1.88. The third-order valence-electron chi connectivity index (χ3n) is 2.62. The second-order valence-electron chi connectivity index (χ2n) is 3.83. The van der Waals surface area contributed by atoms with Crippen molar-refractivity contribution < 1.29 is 19.4 Å². The molecule has 0 unspecified atom stereocenters. The summed E-state index contributed by atoms with van der Waals surface area (Å²) < 4.78 is 5.83. The average molecular weight is 264 g/mol. The van der Waals surface area contributed by atoms with Gasteiger partial charge in [0.2, 0.25) is 0 Å². The van der Waals surface area contributed by atoms with Crippen LogP contribution in [0.1, 0.15) is 17.3 Å². The maximum Gasteiger partial charge on any atom is 0.337 e. The Labute approximate surface area is 107 Å². The minimum Gasteiger partial charge on any atom is -0.478 e. The third kappa shape index (κ3) is 2.35. The Kier molecular flexibility index (Phi) is 3.37. The number of aromatic carboxylic acids is 1. The number of nitrogens with one attached hydrogen (secondary N) is 1. The number of carboxylic acids is 1. The van der Waals surface area contributed by atoms with Crippen molar-refractivity contribution in [3.8, 4) is 0 Å². The van der Waals surface area contributed by atoms with Crippen molar-refractivity contribution in [2.45, 2.75) is 13.5 Å². The van der Waals surface area contributed by atoms with Gasteiger partial charge in [0.25, 0.3) is 0 Å². The highest BCUT2D eigenvalue weighted by molar-refractivity contribution is 6.01. The molecule has 0 fully saturated rings. The largest absolute Gasteiger partial charge is 0.478 e. The van der Waals surface area contributed by atoms with E-state index in [0.717, 1.165) is 4.57 Å². The van der Waals surface area contributed by atoms with Crippen LogP contribution in [0.3, 0.4) is 0 Å². The maximum absolute atomic E-state index is 11.8. The molecule has 0 aliphatic carbocycles. The van der Waals surface area contributed by atoms with Crippen molar-refractivity contribution in [1.29, 1.82) is 0 Å². The van der Waals surface area contributed by atoms with Crippen LogP contribution in [0.2, 0.25) is 0 Å². The zero-order valence-corrected chi connectivity index (χ0v) is 10.2. The van der Waals surface area contributed by atoms with Gasteiger partial charge in [0.15, 0.2) is 0 Å². The minimum atomic E-state index is -1.16. The third-order valence-corrected chi connectivity index (χ3v) is 2.62. The predicted molar refractivity (Wildman–Crippen MR) is 66.2 cm³/mol. The number of carboxylic acid groups (broad SMARTS) is 1. The van der Waals surface area contributed by atoms with Gasteiger partial charge in [0.05, 0.1) is 23.2 Å². The zero-order chi connectivity index (χ0) is 14.0. The van der Waals surface area contributed by atoms with Gasteiger partial charge in [0, 0.05) is 0 Å². The lowest BCUT2D eigenvalue weighted by molar-refractivity contribution is -0.143. The Morgan fingerprint density at radius 3 is 2.79 bits per heavy atom. The van der Waals surface area contributed by atoms with Gasteiger partial charge in [-0.2, -0.15) is 0 Å². The Morgan fingerprint density at radius 1 is 1.42 bits per heavy atom. The zero-order valence-electron chi connectivity index (χ0n) is 10.2. The fraction of sp³-hybridized carbons (Fsp3) is 0.250. The summed E-state index contributed by atoms with van der Waals surface area (Å²) in [6.07, 6.45) is 0. The number of hydrogen-bond donors (Lipinski definition) is 2. The first-order chi connectivity index (χ1) is 9.04. The molecular weight excluding hydrogens is 252 g/mol. The molecule has 0 aliphatic heterocycles. The molecule has 2 rings (SSSR count). The summed E-state index contributed by atoms with van der Waals surface area (Å²) in [4.78, 5) is 36.9. The summed E-state index contributed by atoms with van der Waals surface area (Å²) in [6, 6.07) is 4.47. The molecule has 2 aromatic rings. The van der Waals surface area contributed by atoms with E-state index in [9.17, 15) is 14.4 Å². The van der Waals surface area contributed by atoms with E-state index in [0.29, 0.717) is 5.52 Å². The number of esters is 1. The van der Waals surface area contributed by atoms with Gasteiger partial charge < -0.3 is 14.8 Å². The van der Waals surface area contributed by atoms with Gasteiger partial charge in [-0.05, 0) is 19.1 Å². The topological polar surface area (TPSA) is 101 Å². The summed E-state index contributed by atoms with van der Waals surface area (Å²) in [5.74, 6) is -1.76. The van der Waals surface area contributed by atoms with Crippen LogP contribution in [-0.2, 0) is 16.1 Å². The molecule has 1 heterocycles. The van der Waals surface area contributed by atoms with Crippen LogP contribution < -0.4 is 5.69 Å². The first-order valence-electron chi connectivity index (χ1n) is 5.65. The van der Waals surface area contributed by atoms with E-state index in [4.69, 9.17) is 9.84 Å². The molecule has 100 valence electrons. The van der Waals surface area contributed by atoms with Crippen LogP contribution >= 0.6 is 0 Å². The Balaban J connectivity index is 2.59. The van der Waals surface area contributed by atoms with Gasteiger partial charge in [-0.15, -0.1) is 0 Å². The Morgan fingerprint density at radius 2 is 2.16 bits per heavy atom. The van der Waals surface area contributed by atoms with Crippen molar-refractivity contribution in [3.05, 3.63) is 34.2 Å². The number of para-hydroxylation sites is 1. The number of aromatic amines is 1. The number of fused-ring (bicyclic) bond motifs is 1. The van der Waals surface area contributed by atoms with Crippen LogP contribution in [0.4, 0.5) is 0 Å². The van der Waals surface area contributed by atoms with Crippen LogP contribution in [-0.4, -0.2) is 33.2 Å². The number of hydrogen-bond acceptors (Lipinski definition) is 4. The van der Waals surface area contributed by atoms with E-state index >= 15 is 0 Å². The smallest absolute Gasteiger partial charge is 0.337 e. The van der Waals surface area contributed by atoms with E-state index in [1.807, 2.05) is 0 Å². The van der Waals surface area contributed by atoms with E-state index in [1.165, 1.54) is 12.1 Å². The van der Waals surface area contributed by atoms with Crippen molar-refractivity contribution in [2.24, 2.45) is 0 Å². The summed E-state index contributed by atoms with van der Waals surface area (Å²) in [6.45, 7) is 1.53. The molecule has 0 amide bonds. The average Bonchev–Trinajstić information content (AvgIpc) is 2.66. The number of rotatable bonds is 4. The highest BCUT2D eigenvalue weighted by Gasteiger charge is 2.17. The first kappa shape index (κ1) is 12.9. The number of imidazole rings is 1. The molecular formula is C12H12N2O5. The van der Waals surface area contributed by atoms with Gasteiger partial charge in [-0.3, -0.25) is 9.36 Å². The molecule has 1 aromatic heterocycles. The first-order valence-corrected chi connectivity index (χ1v) is 5.65. The molecule has 0 spiro atoms. The van der Waals surface area contributed by atoms with E-state index in [-0.39, 0.29) is 24.2 Å². The predicted octanol–water partition coefficient (Wildman–Crippen LogP) is 0.591. The summed E-state index contributed by atoms with van der Waals surface area (Å²) in [7, 11) is 0. The maximum atomic E-state index is 11.8. The van der Waals surface area contributed by atoms with Gasteiger partial charge in [0.1, 0.15) is 6.54 Å². The molecule has 0 aliphatic rings. The van der Waals surface area contributed by atoms with Crippen LogP contribution in [0.25, 0.3) is 11.0 Å². The number of benzene rings is 1. The summed E-state index contributed by atoms with van der Waals surface area (Å²) >= 11 is 0. The molecule has 0 bridgehead atoms. The van der Waals surface area contributed by atoms with Crippen LogP contribution in [0.15, 0.2) is 23.0 Å². The summed E-state index contributed by atoms with van der Waals surface area (Å²) in [5, 5.41) is 9.11. The normalized spacial score (nSPS) is 10.6. The molecule has 7 nitrogen and oxygen atoms in total. The van der Waals surface area contributed by atoms with Gasteiger partial charge in [-0.25, -0.2) is 9.59 Å². The Bertz CT molecular complexity index is 698. The molecule has 0 radical (unpaired) electrons. The molecule has 1 aromatic carbocycles. The summed E-state index contributed by atoms with van der Waals surface area (Å²) in [5.41, 5.74) is -0.0286. The fourth-order valence-corrected chi connectivity index (χ4v) is 1.88. The van der Waals surface area contributed by atoms with Gasteiger partial charge >= 0.3 is 17.6 Å². The van der Waals surface area contributed by atoms with Crippen molar-refractivity contribution in [1.82, 2.24) is 9.55 Å². The van der Waals surface area contributed by atoms with Gasteiger partial charge in [-0.1, -0.05) is 6.07 Å². The number of H-pyrrole nitrogens is 1. The Hall–Kier alpha value is -2.57. The quantitative estimate of drug-likeness (QED) is 0.787. The molecule has 2 N–H and O–H groups in total. The van der Waals surface area contributed by atoms with E-state index in [2.05, 4.69) is 4.98 Å². The SMILES string of the molecule is CCOC(=O)Cn1c(=O)[nH]c2cccc(C(=O)O)c21. The van der Waals surface area contributed by atoms with Crippen molar-refractivity contribution in [2.75, 3.05) is 6.61 Å². The van der Waals surface area contributed by atoms with Crippen LogP contribution in [0, 0.1) is 0 Å². The van der Waals surface area contributed by atoms with E-state index < -0.39 is 17.6 Å². The lowest BCUT2D eigenvalue weighted by Gasteiger charge is -2.05. The minimum absolute atomic E-state index is 0.0415. The monoisotopic (exact) mass is 264 g/mol. The molecule has 19 heavy (non-hydrogen) atoms. The highest BCUT2D eigenvalue weighted by atomic mass is 16.5. The second kappa shape index (κ2) is 4.97. The van der Waals surface area contributed by atoms with Crippen molar-refractivity contribution in [3.63, 3.8) is 0 Å². The number of carbonyl (C=O) groups excluding carboxylic acids is 1. The second-order valence-corrected chi connectivity index (χ2v) is 3.83. The highest BCUT2D eigenvalue weighted by Crippen LogP contribution is 2.16. The number of ether oxygens (including phenoxy) is 1. The molecule has 0 saturated carbocycles. The molecule has 0 saturated heterocycles. The lowest BCUT2D eigenvalue weighted by atomic mass is 10.2.